The minimum atomic E-state index is -0.584. The van der Waals surface area contributed by atoms with Gasteiger partial charge in [-0.1, -0.05) is 13.8 Å². The van der Waals surface area contributed by atoms with Gasteiger partial charge in [-0.05, 0) is 6.07 Å². The summed E-state index contributed by atoms with van der Waals surface area (Å²) in [6.07, 6.45) is 0. The van der Waals surface area contributed by atoms with Crippen molar-refractivity contribution >= 4 is 17.5 Å². The maximum Gasteiger partial charge on any atom is 0.270 e. The third-order valence-electron chi connectivity index (χ3n) is 2.87. The second kappa shape index (κ2) is 7.96. The van der Waals surface area contributed by atoms with Crippen LogP contribution >= 0.6 is 0 Å². The number of nitro groups is 1. The van der Waals surface area contributed by atoms with E-state index in [0.29, 0.717) is 0 Å². The molecule has 22 heavy (non-hydrogen) atoms. The number of carbonyl (C=O) groups is 2. The lowest BCUT2D eigenvalue weighted by Gasteiger charge is -2.10. The van der Waals surface area contributed by atoms with E-state index in [9.17, 15) is 19.7 Å². The molecule has 8 heteroatoms. The third kappa shape index (κ3) is 4.72. The van der Waals surface area contributed by atoms with Crippen LogP contribution in [0.4, 0.5) is 5.69 Å². The Morgan fingerprint density at radius 3 is 2.45 bits per heavy atom. The highest BCUT2D eigenvalue weighted by molar-refractivity contribution is 5.97. The van der Waals surface area contributed by atoms with Crippen molar-refractivity contribution in [1.29, 1.82) is 0 Å². The van der Waals surface area contributed by atoms with Gasteiger partial charge in [-0.25, -0.2) is 0 Å². The van der Waals surface area contributed by atoms with Gasteiger partial charge >= 0.3 is 0 Å². The molecule has 8 nitrogen and oxygen atoms in total. The van der Waals surface area contributed by atoms with E-state index in [0.717, 1.165) is 6.07 Å². The molecule has 0 bridgehead atoms. The van der Waals surface area contributed by atoms with E-state index in [-0.39, 0.29) is 41.9 Å². The Balaban J connectivity index is 2.66. The van der Waals surface area contributed by atoms with Gasteiger partial charge in [0.2, 0.25) is 5.91 Å². The normalized spacial score (nSPS) is 10.2. The van der Waals surface area contributed by atoms with Crippen molar-refractivity contribution in [3.05, 3.63) is 33.9 Å². The van der Waals surface area contributed by atoms with Gasteiger partial charge in [-0.3, -0.25) is 19.7 Å². The number of non-ortho nitro benzene ring substituents is 1. The van der Waals surface area contributed by atoms with Crippen molar-refractivity contribution in [2.24, 2.45) is 5.92 Å². The summed E-state index contributed by atoms with van der Waals surface area (Å²) < 4.78 is 5.02. The van der Waals surface area contributed by atoms with Crippen molar-refractivity contribution < 1.29 is 19.2 Å². The zero-order valence-electron chi connectivity index (χ0n) is 12.7. The zero-order chi connectivity index (χ0) is 16.7. The standard InChI is InChI=1S/C14H19N3O5/c1-9(2)13(18)15-6-7-16-14(19)11-8-10(17(20)21)4-5-12(11)22-3/h4-5,8-9H,6-7H2,1-3H3,(H,15,18)(H,16,19). The van der Waals surface area contributed by atoms with Crippen LogP contribution < -0.4 is 15.4 Å². The Kier molecular flexibility index (Phi) is 6.30. The smallest absolute Gasteiger partial charge is 0.270 e. The zero-order valence-corrected chi connectivity index (χ0v) is 12.7. The number of amides is 2. The minimum absolute atomic E-state index is 0.0758. The fourth-order valence-electron chi connectivity index (χ4n) is 1.65. The topological polar surface area (TPSA) is 111 Å². The van der Waals surface area contributed by atoms with Gasteiger partial charge in [0.15, 0.2) is 0 Å². The van der Waals surface area contributed by atoms with Crippen molar-refractivity contribution in [2.45, 2.75) is 13.8 Å². The van der Waals surface area contributed by atoms with Gasteiger partial charge in [0.25, 0.3) is 11.6 Å². The molecule has 0 aromatic heterocycles. The lowest BCUT2D eigenvalue weighted by Crippen LogP contribution is -2.36. The molecular weight excluding hydrogens is 290 g/mol. The average Bonchev–Trinajstić information content (AvgIpc) is 2.50. The number of nitrogens with one attached hydrogen (secondary N) is 2. The first kappa shape index (κ1) is 17.4. The predicted octanol–water partition coefficient (Wildman–Crippen LogP) is 1.11. The van der Waals surface area contributed by atoms with E-state index in [1.165, 1.54) is 19.2 Å². The molecule has 0 fully saturated rings. The lowest BCUT2D eigenvalue weighted by molar-refractivity contribution is -0.384. The number of nitrogens with zero attached hydrogens (tertiary/aromatic N) is 1. The molecule has 1 rings (SSSR count). The molecule has 0 spiro atoms. The molecule has 1 aromatic carbocycles. The number of hydrogen-bond acceptors (Lipinski definition) is 5. The molecule has 0 saturated heterocycles. The van der Waals surface area contributed by atoms with E-state index < -0.39 is 10.8 Å². The summed E-state index contributed by atoms with van der Waals surface area (Å²) in [5.41, 5.74) is -0.119. The average molecular weight is 309 g/mol. The third-order valence-corrected chi connectivity index (χ3v) is 2.87. The Morgan fingerprint density at radius 2 is 1.91 bits per heavy atom. The second-order valence-corrected chi connectivity index (χ2v) is 4.84. The van der Waals surface area contributed by atoms with Crippen LogP contribution in [0.5, 0.6) is 5.75 Å². The summed E-state index contributed by atoms with van der Waals surface area (Å²) in [6, 6.07) is 3.78. The van der Waals surface area contributed by atoms with Crippen molar-refractivity contribution in [2.75, 3.05) is 20.2 Å². The number of methoxy groups -OCH3 is 1. The molecule has 2 amide bonds. The Labute approximate surface area is 128 Å². The molecular formula is C14H19N3O5. The van der Waals surface area contributed by atoms with Crippen LogP contribution in [0.1, 0.15) is 24.2 Å². The molecule has 0 heterocycles. The number of ether oxygens (including phenoxy) is 1. The first-order chi connectivity index (χ1) is 10.4. The molecule has 0 saturated carbocycles. The van der Waals surface area contributed by atoms with Crippen molar-refractivity contribution in [3.63, 3.8) is 0 Å². The molecule has 0 radical (unpaired) electrons. The predicted molar refractivity (Wildman–Crippen MR) is 79.8 cm³/mol. The highest BCUT2D eigenvalue weighted by Gasteiger charge is 2.17. The first-order valence-corrected chi connectivity index (χ1v) is 6.75. The number of rotatable bonds is 7. The second-order valence-electron chi connectivity index (χ2n) is 4.84. The van der Waals surface area contributed by atoms with E-state index in [1.54, 1.807) is 13.8 Å². The van der Waals surface area contributed by atoms with Gasteiger partial charge in [-0.15, -0.1) is 0 Å². The molecule has 0 aliphatic rings. The van der Waals surface area contributed by atoms with Gasteiger partial charge in [0.05, 0.1) is 17.6 Å². The van der Waals surface area contributed by atoms with Crippen LogP contribution in [0.2, 0.25) is 0 Å². The van der Waals surface area contributed by atoms with Crippen LogP contribution in [0, 0.1) is 16.0 Å². The number of benzene rings is 1. The maximum atomic E-state index is 12.1. The van der Waals surface area contributed by atoms with Crippen LogP contribution in [-0.2, 0) is 4.79 Å². The van der Waals surface area contributed by atoms with E-state index in [1.807, 2.05) is 0 Å². The molecule has 0 unspecified atom stereocenters. The van der Waals surface area contributed by atoms with Gasteiger partial charge < -0.3 is 15.4 Å². The van der Waals surface area contributed by atoms with Gasteiger partial charge in [0, 0.05) is 31.1 Å². The minimum Gasteiger partial charge on any atom is -0.496 e. The summed E-state index contributed by atoms with van der Waals surface area (Å²) in [4.78, 5) is 33.6. The summed E-state index contributed by atoms with van der Waals surface area (Å²) in [5.74, 6) is -0.497. The highest BCUT2D eigenvalue weighted by Crippen LogP contribution is 2.23. The monoisotopic (exact) mass is 309 g/mol. The van der Waals surface area contributed by atoms with Gasteiger partial charge in [0.1, 0.15) is 5.75 Å². The highest BCUT2D eigenvalue weighted by atomic mass is 16.6. The fourth-order valence-corrected chi connectivity index (χ4v) is 1.65. The summed E-state index contributed by atoms with van der Waals surface area (Å²) in [6.45, 7) is 4.02. The fraction of sp³-hybridized carbons (Fsp3) is 0.429. The first-order valence-electron chi connectivity index (χ1n) is 6.75. The van der Waals surface area contributed by atoms with E-state index in [4.69, 9.17) is 4.74 Å². The number of carbonyl (C=O) groups excluding carboxylic acids is 2. The molecule has 0 aliphatic heterocycles. The molecule has 2 N–H and O–H groups in total. The maximum absolute atomic E-state index is 12.1. The number of nitro benzene ring substituents is 1. The molecule has 0 aliphatic carbocycles. The van der Waals surface area contributed by atoms with Gasteiger partial charge in [-0.2, -0.15) is 0 Å². The van der Waals surface area contributed by atoms with Crippen LogP contribution in [0.15, 0.2) is 18.2 Å². The van der Waals surface area contributed by atoms with Crippen molar-refractivity contribution in [1.82, 2.24) is 10.6 Å². The molecule has 120 valence electrons. The Hall–Kier alpha value is -2.64. The molecule has 1 aromatic rings. The largest absolute Gasteiger partial charge is 0.496 e. The van der Waals surface area contributed by atoms with Crippen LogP contribution in [0.25, 0.3) is 0 Å². The quantitative estimate of drug-likeness (QED) is 0.445. The number of hydrogen-bond donors (Lipinski definition) is 2. The summed E-state index contributed by atoms with van der Waals surface area (Å²) in [7, 11) is 1.38. The summed E-state index contributed by atoms with van der Waals surface area (Å²) >= 11 is 0. The van der Waals surface area contributed by atoms with Crippen LogP contribution in [0.3, 0.4) is 0 Å². The van der Waals surface area contributed by atoms with E-state index >= 15 is 0 Å². The lowest BCUT2D eigenvalue weighted by atomic mass is 10.1. The van der Waals surface area contributed by atoms with Crippen LogP contribution in [-0.4, -0.2) is 36.9 Å². The molecule has 0 atom stereocenters. The SMILES string of the molecule is COc1ccc([N+](=O)[O-])cc1C(=O)NCCNC(=O)C(C)C. The Morgan fingerprint density at radius 1 is 1.27 bits per heavy atom. The van der Waals surface area contributed by atoms with Crippen molar-refractivity contribution in [3.8, 4) is 5.75 Å². The Bertz CT molecular complexity index is 572. The summed E-state index contributed by atoms with van der Waals surface area (Å²) in [5, 5.41) is 16.0. The van der Waals surface area contributed by atoms with E-state index in [2.05, 4.69) is 10.6 Å².